The van der Waals surface area contributed by atoms with Crippen molar-refractivity contribution in [2.24, 2.45) is 0 Å². The second kappa shape index (κ2) is 4.35. The largest absolute Gasteiger partial charge is 0.389 e. The third-order valence-corrected chi connectivity index (χ3v) is 3.46. The molecule has 0 bridgehead atoms. The molecule has 0 aliphatic carbocycles. The summed E-state index contributed by atoms with van der Waals surface area (Å²) in [6.07, 6.45) is 0. The minimum absolute atomic E-state index is 0.00464. The first kappa shape index (κ1) is 11.3. The Balaban J connectivity index is 2.50. The molecule has 0 radical (unpaired) electrons. The van der Waals surface area contributed by atoms with Gasteiger partial charge in [-0.2, -0.15) is 5.10 Å². The van der Waals surface area contributed by atoms with Gasteiger partial charge in [-0.3, -0.25) is 4.68 Å². The summed E-state index contributed by atoms with van der Waals surface area (Å²) in [5.41, 5.74) is 4.14. The van der Waals surface area contributed by atoms with Crippen molar-refractivity contribution in [3.05, 3.63) is 21.8 Å². The predicted octanol–water partition coefficient (Wildman–Crippen LogP) is 2.14. The van der Waals surface area contributed by atoms with Crippen LogP contribution in [0.1, 0.15) is 23.3 Å². The molecule has 86 valence electrons. The fraction of sp³-hybridized carbons (Fsp3) is 0.455. The number of aromatic nitrogens is 3. The zero-order chi connectivity index (χ0) is 11.7. The Hall–Kier alpha value is -1.20. The number of aliphatic hydroxyl groups is 1. The van der Waals surface area contributed by atoms with E-state index < -0.39 is 0 Å². The third-order valence-electron chi connectivity index (χ3n) is 2.62. The number of thiazole rings is 1. The highest BCUT2D eigenvalue weighted by Crippen LogP contribution is 2.28. The molecule has 0 fully saturated rings. The summed E-state index contributed by atoms with van der Waals surface area (Å²) >= 11 is 1.48. The summed E-state index contributed by atoms with van der Waals surface area (Å²) in [6, 6.07) is 0. The standard InChI is InChI=1S/C11H15N3OS/c1-4-14-8(3)11(7(2)13-14)9-6-16-10(5-15)12-9/h6,15H,4-5H2,1-3H3. The van der Waals surface area contributed by atoms with Crippen LogP contribution < -0.4 is 0 Å². The molecule has 0 aliphatic heterocycles. The summed E-state index contributed by atoms with van der Waals surface area (Å²) in [7, 11) is 0. The summed E-state index contributed by atoms with van der Waals surface area (Å²) in [4.78, 5) is 4.38. The lowest BCUT2D eigenvalue weighted by molar-refractivity contribution is 0.281. The Morgan fingerprint density at radius 1 is 1.44 bits per heavy atom. The minimum atomic E-state index is 0.00464. The van der Waals surface area contributed by atoms with Crippen LogP contribution in [0.25, 0.3) is 11.3 Å². The van der Waals surface area contributed by atoms with E-state index in [2.05, 4.69) is 23.9 Å². The number of nitrogens with zero attached hydrogens (tertiary/aromatic N) is 3. The molecule has 2 rings (SSSR count). The van der Waals surface area contributed by atoms with E-state index in [4.69, 9.17) is 5.11 Å². The van der Waals surface area contributed by atoms with E-state index in [0.29, 0.717) is 0 Å². The molecule has 2 aromatic rings. The quantitative estimate of drug-likeness (QED) is 0.889. The molecule has 2 heterocycles. The molecule has 4 nitrogen and oxygen atoms in total. The van der Waals surface area contributed by atoms with E-state index in [9.17, 15) is 0 Å². The SMILES string of the molecule is CCn1nc(C)c(-c2csc(CO)n2)c1C. The number of hydrogen-bond acceptors (Lipinski definition) is 4. The molecule has 0 aliphatic rings. The Kier molecular flexibility index (Phi) is 3.07. The monoisotopic (exact) mass is 237 g/mol. The normalized spacial score (nSPS) is 11.0. The van der Waals surface area contributed by atoms with Gasteiger partial charge < -0.3 is 5.11 Å². The molecule has 0 spiro atoms. The van der Waals surface area contributed by atoms with Crippen molar-refractivity contribution >= 4 is 11.3 Å². The predicted molar refractivity (Wildman–Crippen MR) is 64.4 cm³/mol. The molecular weight excluding hydrogens is 222 g/mol. The highest BCUT2D eigenvalue weighted by Gasteiger charge is 2.15. The average molecular weight is 237 g/mol. The lowest BCUT2D eigenvalue weighted by Gasteiger charge is -1.99. The second-order valence-electron chi connectivity index (χ2n) is 3.65. The van der Waals surface area contributed by atoms with Crippen molar-refractivity contribution in [2.75, 3.05) is 0 Å². The van der Waals surface area contributed by atoms with Crippen molar-refractivity contribution < 1.29 is 5.11 Å². The van der Waals surface area contributed by atoms with E-state index in [0.717, 1.165) is 34.2 Å². The average Bonchev–Trinajstić information content (AvgIpc) is 2.83. The summed E-state index contributed by atoms with van der Waals surface area (Å²) in [5.74, 6) is 0. The van der Waals surface area contributed by atoms with Gasteiger partial charge in [0.25, 0.3) is 0 Å². The van der Waals surface area contributed by atoms with E-state index >= 15 is 0 Å². The molecule has 1 N–H and O–H groups in total. The van der Waals surface area contributed by atoms with E-state index in [-0.39, 0.29) is 6.61 Å². The van der Waals surface area contributed by atoms with Gasteiger partial charge in [0.1, 0.15) is 5.01 Å². The maximum Gasteiger partial charge on any atom is 0.119 e. The van der Waals surface area contributed by atoms with Gasteiger partial charge in [-0.1, -0.05) is 0 Å². The highest BCUT2D eigenvalue weighted by molar-refractivity contribution is 7.09. The van der Waals surface area contributed by atoms with Crippen molar-refractivity contribution in [2.45, 2.75) is 33.9 Å². The lowest BCUT2D eigenvalue weighted by Crippen LogP contribution is -1.98. The summed E-state index contributed by atoms with van der Waals surface area (Å²) < 4.78 is 1.97. The zero-order valence-electron chi connectivity index (χ0n) is 9.69. The molecule has 0 unspecified atom stereocenters. The van der Waals surface area contributed by atoms with Crippen LogP contribution in [0.4, 0.5) is 0 Å². The van der Waals surface area contributed by atoms with E-state index in [1.807, 2.05) is 17.0 Å². The van der Waals surface area contributed by atoms with Crippen LogP contribution in [-0.2, 0) is 13.2 Å². The Labute approximate surface area is 98.6 Å². The molecule has 0 saturated carbocycles. The number of aryl methyl sites for hydroxylation is 2. The van der Waals surface area contributed by atoms with Crippen molar-refractivity contribution in [3.63, 3.8) is 0 Å². The fourth-order valence-corrected chi connectivity index (χ4v) is 2.52. The number of aliphatic hydroxyl groups excluding tert-OH is 1. The van der Waals surface area contributed by atoms with Gasteiger partial charge in [0.2, 0.25) is 0 Å². The molecule has 5 heteroatoms. The Morgan fingerprint density at radius 3 is 2.69 bits per heavy atom. The van der Waals surface area contributed by atoms with E-state index in [1.54, 1.807) is 0 Å². The molecule has 0 atom stereocenters. The third kappa shape index (κ3) is 1.76. The lowest BCUT2D eigenvalue weighted by atomic mass is 10.1. The smallest absolute Gasteiger partial charge is 0.119 e. The summed E-state index contributed by atoms with van der Waals surface area (Å²) in [6.45, 7) is 6.99. The first-order valence-electron chi connectivity index (χ1n) is 5.27. The Morgan fingerprint density at radius 2 is 2.19 bits per heavy atom. The summed E-state index contributed by atoms with van der Waals surface area (Å²) in [5, 5.41) is 16.2. The zero-order valence-corrected chi connectivity index (χ0v) is 10.5. The van der Waals surface area contributed by atoms with Crippen LogP contribution in [-0.4, -0.2) is 19.9 Å². The van der Waals surface area contributed by atoms with Gasteiger partial charge in [0.05, 0.1) is 18.0 Å². The molecular formula is C11H15N3OS. The first-order chi connectivity index (χ1) is 7.67. The van der Waals surface area contributed by atoms with Gasteiger partial charge in [0, 0.05) is 23.2 Å². The van der Waals surface area contributed by atoms with Crippen LogP contribution in [0.3, 0.4) is 0 Å². The molecule has 2 aromatic heterocycles. The highest BCUT2D eigenvalue weighted by atomic mass is 32.1. The van der Waals surface area contributed by atoms with Gasteiger partial charge in [-0.05, 0) is 20.8 Å². The second-order valence-corrected chi connectivity index (χ2v) is 4.59. The van der Waals surface area contributed by atoms with Crippen LogP contribution in [0.2, 0.25) is 0 Å². The molecule has 0 aromatic carbocycles. The fourth-order valence-electron chi connectivity index (χ4n) is 1.87. The number of rotatable bonds is 3. The maximum atomic E-state index is 9.01. The van der Waals surface area contributed by atoms with Gasteiger partial charge in [0.15, 0.2) is 0 Å². The molecule has 16 heavy (non-hydrogen) atoms. The van der Waals surface area contributed by atoms with Gasteiger partial charge >= 0.3 is 0 Å². The number of hydrogen-bond donors (Lipinski definition) is 1. The first-order valence-corrected chi connectivity index (χ1v) is 6.15. The van der Waals surface area contributed by atoms with E-state index in [1.165, 1.54) is 11.3 Å². The Bertz CT molecular complexity index is 501. The maximum absolute atomic E-state index is 9.01. The van der Waals surface area contributed by atoms with Crippen molar-refractivity contribution in [1.29, 1.82) is 0 Å². The van der Waals surface area contributed by atoms with Gasteiger partial charge in [-0.25, -0.2) is 4.98 Å². The molecule has 0 saturated heterocycles. The van der Waals surface area contributed by atoms with Crippen LogP contribution in [0, 0.1) is 13.8 Å². The van der Waals surface area contributed by atoms with Crippen LogP contribution >= 0.6 is 11.3 Å². The van der Waals surface area contributed by atoms with Crippen LogP contribution in [0.15, 0.2) is 5.38 Å². The molecule has 0 amide bonds. The van der Waals surface area contributed by atoms with Crippen molar-refractivity contribution in [1.82, 2.24) is 14.8 Å². The topological polar surface area (TPSA) is 50.9 Å². The van der Waals surface area contributed by atoms with Gasteiger partial charge in [-0.15, -0.1) is 11.3 Å². The van der Waals surface area contributed by atoms with Crippen LogP contribution in [0.5, 0.6) is 0 Å². The van der Waals surface area contributed by atoms with Crippen molar-refractivity contribution in [3.8, 4) is 11.3 Å². The minimum Gasteiger partial charge on any atom is -0.389 e.